The standard InChI is InChI=1S/C38H42N10O14S2Si2/c49-29-7-1-5-27(21-29)41-37-45-33(43-35(47-37)39-15-3-17-65(57,58)59)25-13-11-23(31(19-25)63(51,52)53)9-10-24-12-14-26(20-32(24)64(54,55)56)34-44-36(40-16-4-18-66(60,61)62)48-38(46-34)42-28-6-2-8-30(50)22-28/h1-2,5-14,19-22,49-50,57-62H,3-4,15-18H2,(H,51,52,53)(H,54,55,56)(H2,39,41,43,45,47)(H2,40,42,44,46,48)/b10-9+. The number of phenolic OH excluding ortho intramolecular Hbond substituents is 2. The number of hydrogen-bond acceptors (Lipinski definition) is 18. The van der Waals surface area contributed by atoms with Crippen LogP contribution in [0.1, 0.15) is 24.0 Å². The molecular weight excluding hydrogens is 941 g/mol. The van der Waals surface area contributed by atoms with Crippen molar-refractivity contribution in [2.24, 2.45) is 20.0 Å². The Hall–Kier alpha value is -6.55. The molecule has 0 aliphatic heterocycles. The highest BCUT2D eigenvalue weighted by molar-refractivity contribution is 7.86. The fourth-order valence-corrected chi connectivity index (χ4v) is 8.69. The number of hydrogen-bond donors (Lipinski definition) is 14. The van der Waals surface area contributed by atoms with E-state index in [-0.39, 0.29) is 117 Å². The van der Waals surface area contributed by atoms with E-state index in [0.29, 0.717) is 0 Å². The number of nitrogens with zero attached hydrogens (tertiary/aromatic N) is 6. The highest BCUT2D eigenvalue weighted by Crippen LogP contribution is 2.28. The van der Waals surface area contributed by atoms with Gasteiger partial charge in [0.1, 0.15) is 32.9 Å². The molecular formula is C38H42N10O14S2Si2. The molecule has 0 amide bonds. The van der Waals surface area contributed by atoms with E-state index in [2.05, 4.69) is 49.9 Å². The summed E-state index contributed by atoms with van der Waals surface area (Å²) >= 11 is 0. The lowest BCUT2D eigenvalue weighted by atomic mass is 10.1. The molecule has 0 saturated carbocycles. The molecule has 0 spiro atoms. The highest BCUT2D eigenvalue weighted by atomic mass is 32.2. The normalized spacial score (nSPS) is 13.9. The topological polar surface area (TPSA) is 409 Å². The van der Waals surface area contributed by atoms with Crippen molar-refractivity contribution < 1.29 is 64.9 Å². The summed E-state index contributed by atoms with van der Waals surface area (Å²) in [5.41, 5.74) is 0.416. The Morgan fingerprint density at radius 3 is 1.29 bits per heavy atom. The second-order valence-corrected chi connectivity index (χ2v) is 21.2. The molecule has 6 aromatic rings. The van der Waals surface area contributed by atoms with E-state index >= 15 is 0 Å². The number of nitrogens with one attached hydrogen (secondary N) is 4. The number of aromatic hydroxyl groups is 2. The van der Waals surface area contributed by atoms with Crippen molar-refractivity contribution >= 4 is 61.4 Å². The predicted octanol–water partition coefficient (Wildman–Crippen LogP) is 0.0760. The Bertz CT molecular complexity index is 3090. The lowest BCUT2D eigenvalue weighted by Crippen LogP contribution is -2.34. The molecule has 0 saturated heterocycles. The van der Waals surface area contributed by atoms with Crippen molar-refractivity contribution in [3.05, 3.63) is 119 Å². The van der Waals surface area contributed by atoms with Gasteiger partial charge in [-0.25, -0.2) is 9.98 Å². The zero-order valence-electron chi connectivity index (χ0n) is 34.1. The van der Waals surface area contributed by atoms with E-state index < -0.39 is 47.6 Å². The maximum absolute atomic E-state index is 12.8. The van der Waals surface area contributed by atoms with Gasteiger partial charge in [-0.2, -0.15) is 26.8 Å². The first-order valence-electron chi connectivity index (χ1n) is 19.3. The van der Waals surface area contributed by atoms with Crippen molar-refractivity contribution in [1.82, 2.24) is 29.9 Å². The lowest BCUT2D eigenvalue weighted by Gasteiger charge is -2.09. The zero-order valence-corrected chi connectivity index (χ0v) is 37.7. The molecule has 24 nitrogen and oxygen atoms in total. The van der Waals surface area contributed by atoms with Gasteiger partial charge in [-0.05, 0) is 60.4 Å². The lowest BCUT2D eigenvalue weighted by molar-refractivity contribution is 0.225. The molecule has 0 fully saturated rings. The number of rotatable bonds is 16. The Kier molecular flexibility index (Phi) is 15.1. The van der Waals surface area contributed by atoms with Crippen LogP contribution in [-0.4, -0.2) is 126 Å². The first-order chi connectivity index (χ1) is 31.0. The second-order valence-electron chi connectivity index (χ2n) is 14.3. The summed E-state index contributed by atoms with van der Waals surface area (Å²) in [6.07, 6.45) is 2.49. The maximum Gasteiger partial charge on any atom is 0.492 e. The van der Waals surface area contributed by atoms with Crippen molar-refractivity contribution in [3.63, 3.8) is 0 Å². The number of phenols is 2. The summed E-state index contributed by atoms with van der Waals surface area (Å²) in [6.45, 7) is -0.0552. The number of H-pyrrole nitrogens is 4. The monoisotopic (exact) mass is 982 g/mol. The minimum atomic E-state index is -5.00. The van der Waals surface area contributed by atoms with Crippen LogP contribution in [0, 0.1) is 0 Å². The van der Waals surface area contributed by atoms with E-state index in [4.69, 9.17) is 0 Å². The third-order valence-corrected chi connectivity index (χ3v) is 12.8. The van der Waals surface area contributed by atoms with Crippen LogP contribution < -0.4 is 22.5 Å². The van der Waals surface area contributed by atoms with Gasteiger partial charge in [0.2, 0.25) is 22.5 Å². The van der Waals surface area contributed by atoms with Crippen molar-refractivity contribution in [3.8, 4) is 34.3 Å². The molecule has 0 unspecified atom stereocenters. The fourth-order valence-electron chi connectivity index (χ4n) is 6.01. The first kappa shape index (κ1) is 48.9. The van der Waals surface area contributed by atoms with Crippen LogP contribution in [0.5, 0.6) is 11.5 Å². The molecule has 4 aromatic carbocycles. The molecule has 0 atom stereocenters. The first-order valence-corrected chi connectivity index (χ1v) is 26.3. The van der Waals surface area contributed by atoms with Crippen LogP contribution in [0.25, 0.3) is 34.9 Å². The molecule has 28 heteroatoms. The van der Waals surface area contributed by atoms with Gasteiger partial charge in [-0.1, -0.05) is 48.6 Å². The molecule has 0 bridgehead atoms. The SMILES string of the molecule is O=S(=O)(O)c1cc(-c2nc(=NCCC[Si](O)(O)O)[nH]c(=Nc3cccc(O)c3)[nH]2)ccc1/C=C/c1ccc(-c2nc(=NCCC[Si](O)(O)O)[nH]c(=Nc3cccc(O)c3)[nH]2)cc1S(=O)(=O)O. The minimum absolute atomic E-state index is 0.0202. The summed E-state index contributed by atoms with van der Waals surface area (Å²) < 4.78 is 71.9. The van der Waals surface area contributed by atoms with Crippen LogP contribution in [0.2, 0.25) is 12.1 Å². The van der Waals surface area contributed by atoms with Gasteiger partial charge in [0, 0.05) is 48.4 Å². The Morgan fingerprint density at radius 1 is 0.545 bits per heavy atom. The van der Waals surface area contributed by atoms with Crippen LogP contribution in [0.15, 0.2) is 115 Å². The molecule has 0 aliphatic carbocycles. The van der Waals surface area contributed by atoms with E-state index in [1.54, 1.807) is 24.3 Å². The third-order valence-electron chi connectivity index (χ3n) is 8.95. The smallest absolute Gasteiger partial charge is 0.492 e. The summed E-state index contributed by atoms with van der Waals surface area (Å²) in [7, 11) is -18.7. The second kappa shape index (κ2) is 20.3. The van der Waals surface area contributed by atoms with E-state index in [9.17, 15) is 64.9 Å². The Morgan fingerprint density at radius 2 is 0.939 bits per heavy atom. The van der Waals surface area contributed by atoms with Gasteiger partial charge in [0.25, 0.3) is 20.2 Å². The van der Waals surface area contributed by atoms with Crippen LogP contribution >= 0.6 is 0 Å². The van der Waals surface area contributed by atoms with E-state index in [0.717, 1.165) is 12.1 Å². The Labute approximate surface area is 375 Å². The molecule has 0 radical (unpaired) electrons. The molecule has 0 aliphatic rings. The van der Waals surface area contributed by atoms with Gasteiger partial charge in [-0.3, -0.25) is 29.1 Å². The summed E-state index contributed by atoms with van der Waals surface area (Å²) in [6, 6.07) is 18.7. The van der Waals surface area contributed by atoms with Gasteiger partial charge in [-0.15, -0.1) is 0 Å². The van der Waals surface area contributed by atoms with Crippen LogP contribution in [0.4, 0.5) is 11.4 Å². The molecule has 66 heavy (non-hydrogen) atoms. The minimum Gasteiger partial charge on any atom is -0.508 e. The fraction of sp³-hybridized carbons (Fsp3) is 0.158. The number of benzene rings is 4. The molecule has 348 valence electrons. The molecule has 14 N–H and O–H groups in total. The summed E-state index contributed by atoms with van der Waals surface area (Å²) in [5.74, 6) is -0.209. The molecule has 2 aromatic heterocycles. The van der Waals surface area contributed by atoms with Gasteiger partial charge in [0.05, 0.1) is 11.4 Å². The highest BCUT2D eigenvalue weighted by Gasteiger charge is 2.26. The van der Waals surface area contributed by atoms with Crippen molar-refractivity contribution in [2.45, 2.75) is 34.7 Å². The number of aromatic amines is 4. The molecule has 2 heterocycles. The largest absolute Gasteiger partial charge is 0.508 e. The quantitative estimate of drug-likeness (QED) is 0.0264. The summed E-state index contributed by atoms with van der Waals surface area (Å²) in [4.78, 5) is 92.4. The zero-order chi connectivity index (χ0) is 47.9. The number of aromatic nitrogens is 6. The summed E-state index contributed by atoms with van der Waals surface area (Å²) in [5, 5.41) is 19.9. The van der Waals surface area contributed by atoms with Crippen molar-refractivity contribution in [2.75, 3.05) is 13.1 Å². The van der Waals surface area contributed by atoms with Gasteiger partial charge in [0.15, 0.2) is 0 Å². The van der Waals surface area contributed by atoms with Gasteiger partial charge >= 0.3 is 17.6 Å². The van der Waals surface area contributed by atoms with Crippen LogP contribution in [0.3, 0.4) is 0 Å². The predicted molar refractivity (Wildman–Crippen MR) is 236 cm³/mol. The average Bonchev–Trinajstić information content (AvgIpc) is 3.22. The maximum atomic E-state index is 12.8. The van der Waals surface area contributed by atoms with Gasteiger partial charge < -0.3 is 49.0 Å². The van der Waals surface area contributed by atoms with Crippen molar-refractivity contribution in [1.29, 1.82) is 0 Å². The third kappa shape index (κ3) is 14.5. The van der Waals surface area contributed by atoms with E-state index in [1.807, 2.05) is 0 Å². The Balaban J connectivity index is 1.40. The molecule has 6 rings (SSSR count). The van der Waals surface area contributed by atoms with E-state index in [1.165, 1.54) is 60.7 Å². The average molecular weight is 983 g/mol. The van der Waals surface area contributed by atoms with Crippen LogP contribution in [-0.2, 0) is 20.2 Å².